The van der Waals surface area contributed by atoms with Gasteiger partial charge in [-0.3, -0.25) is 4.79 Å². The third kappa shape index (κ3) is 5.80. The van der Waals surface area contributed by atoms with E-state index in [1.54, 1.807) is 6.92 Å². The van der Waals surface area contributed by atoms with Gasteiger partial charge in [0.25, 0.3) is 5.91 Å². The van der Waals surface area contributed by atoms with Crippen LogP contribution in [0.4, 0.5) is 5.13 Å². The Kier molecular flexibility index (Phi) is 6.82. The van der Waals surface area contributed by atoms with E-state index in [1.807, 2.05) is 6.92 Å². The maximum atomic E-state index is 11.7. The summed E-state index contributed by atoms with van der Waals surface area (Å²) in [7, 11) is -3.33. The van der Waals surface area contributed by atoms with Crippen molar-refractivity contribution in [2.75, 3.05) is 30.7 Å². The lowest BCUT2D eigenvalue weighted by Gasteiger charge is -2.04. The lowest BCUT2D eigenvalue weighted by molar-refractivity contribution is 0.0955. The fraction of sp³-hybridized carbons (Fsp3) is 0.700. The summed E-state index contributed by atoms with van der Waals surface area (Å²) in [6, 6.07) is 0. The summed E-state index contributed by atoms with van der Waals surface area (Å²) in [6.45, 7) is 4.84. The molecule has 0 spiro atoms. The molecule has 20 heavy (non-hydrogen) atoms. The van der Waals surface area contributed by atoms with Gasteiger partial charge in [0, 0.05) is 19.6 Å². The monoisotopic (exact) mass is 321 g/mol. The van der Waals surface area contributed by atoms with Crippen LogP contribution in [-0.4, -0.2) is 49.9 Å². The van der Waals surface area contributed by atoms with Crippen LogP contribution in [-0.2, 0) is 10.0 Å². The van der Waals surface area contributed by atoms with Crippen LogP contribution >= 0.6 is 11.3 Å². The van der Waals surface area contributed by atoms with Crippen LogP contribution in [0.2, 0.25) is 0 Å². The minimum Gasteiger partial charge on any atom is -0.360 e. The normalized spacial score (nSPS) is 11.3. The molecule has 114 valence electrons. The summed E-state index contributed by atoms with van der Waals surface area (Å²) in [5.74, 6) is -0.578. The third-order valence-corrected chi connectivity index (χ3v) is 4.52. The van der Waals surface area contributed by atoms with Gasteiger partial charge in [0.1, 0.15) is 0 Å². The molecule has 1 heterocycles. The number of carbonyl (C=O) groups is 1. The Morgan fingerprint density at radius 2 is 2.00 bits per heavy atom. The average molecular weight is 321 g/mol. The zero-order valence-corrected chi connectivity index (χ0v) is 13.1. The number of amides is 1. The SMILES string of the molecule is CCCNc1nnc(C(=O)NCCS(=O)(=O)NCC)s1. The average Bonchev–Trinajstić information content (AvgIpc) is 2.84. The first-order valence-corrected chi connectivity index (χ1v) is 8.78. The largest absolute Gasteiger partial charge is 0.360 e. The number of nitrogens with zero attached hydrogens (tertiary/aromatic N) is 2. The second-order valence-corrected chi connectivity index (χ2v) is 6.82. The highest BCUT2D eigenvalue weighted by atomic mass is 32.2. The summed E-state index contributed by atoms with van der Waals surface area (Å²) in [5.41, 5.74) is 0. The number of carbonyl (C=O) groups excluding carboxylic acids is 1. The molecule has 1 aromatic heterocycles. The first-order chi connectivity index (χ1) is 9.48. The zero-order valence-electron chi connectivity index (χ0n) is 11.5. The number of nitrogens with one attached hydrogen (secondary N) is 3. The minimum atomic E-state index is -3.33. The number of aromatic nitrogens is 2. The predicted octanol–water partition coefficient (Wildman–Crippen LogP) is 0.0291. The van der Waals surface area contributed by atoms with Gasteiger partial charge in [-0.15, -0.1) is 10.2 Å². The van der Waals surface area contributed by atoms with Gasteiger partial charge in [-0.05, 0) is 6.42 Å². The molecule has 0 radical (unpaired) electrons. The first kappa shape index (κ1) is 16.8. The molecule has 1 aromatic rings. The van der Waals surface area contributed by atoms with E-state index < -0.39 is 15.9 Å². The Balaban J connectivity index is 2.41. The lowest BCUT2D eigenvalue weighted by Crippen LogP contribution is -2.34. The molecule has 1 rings (SSSR count). The number of anilines is 1. The molecule has 0 aliphatic carbocycles. The van der Waals surface area contributed by atoms with Crippen LogP contribution in [0.5, 0.6) is 0 Å². The quantitative estimate of drug-likeness (QED) is 0.591. The van der Waals surface area contributed by atoms with E-state index in [1.165, 1.54) is 0 Å². The Morgan fingerprint density at radius 3 is 2.65 bits per heavy atom. The predicted molar refractivity (Wildman–Crippen MR) is 78.5 cm³/mol. The fourth-order valence-electron chi connectivity index (χ4n) is 1.28. The van der Waals surface area contributed by atoms with Gasteiger partial charge >= 0.3 is 0 Å². The van der Waals surface area contributed by atoms with Crippen molar-refractivity contribution in [3.8, 4) is 0 Å². The van der Waals surface area contributed by atoms with E-state index in [2.05, 4.69) is 25.6 Å². The summed E-state index contributed by atoms with van der Waals surface area (Å²) in [4.78, 5) is 11.7. The van der Waals surface area contributed by atoms with E-state index in [4.69, 9.17) is 0 Å². The molecular weight excluding hydrogens is 302 g/mol. The molecule has 0 saturated carbocycles. The minimum absolute atomic E-state index is 0.0332. The Hall–Kier alpha value is -1.26. The van der Waals surface area contributed by atoms with Crippen LogP contribution in [0.15, 0.2) is 0 Å². The number of hydrogen-bond donors (Lipinski definition) is 3. The number of hydrogen-bond acceptors (Lipinski definition) is 7. The standard InChI is InChI=1S/C10H19N5O3S2/c1-3-5-12-10-15-14-9(19-10)8(16)11-6-7-20(17,18)13-4-2/h13H,3-7H2,1-2H3,(H,11,16)(H,12,15). The van der Waals surface area contributed by atoms with Crippen molar-refractivity contribution in [2.45, 2.75) is 20.3 Å². The van der Waals surface area contributed by atoms with Crippen LogP contribution < -0.4 is 15.4 Å². The van der Waals surface area contributed by atoms with Gasteiger partial charge in [-0.1, -0.05) is 25.2 Å². The van der Waals surface area contributed by atoms with Crippen molar-refractivity contribution >= 4 is 32.4 Å². The van der Waals surface area contributed by atoms with Gasteiger partial charge in [0.2, 0.25) is 20.2 Å². The topological polar surface area (TPSA) is 113 Å². The van der Waals surface area contributed by atoms with Crippen molar-refractivity contribution in [2.24, 2.45) is 0 Å². The summed E-state index contributed by atoms with van der Waals surface area (Å²) in [5, 5.41) is 13.9. The van der Waals surface area contributed by atoms with Crippen LogP contribution in [0.1, 0.15) is 30.1 Å². The van der Waals surface area contributed by atoms with Crippen molar-refractivity contribution < 1.29 is 13.2 Å². The van der Waals surface area contributed by atoms with E-state index >= 15 is 0 Å². The van der Waals surface area contributed by atoms with Gasteiger partial charge in [-0.2, -0.15) is 0 Å². The van der Waals surface area contributed by atoms with Crippen molar-refractivity contribution in [3.63, 3.8) is 0 Å². The molecule has 0 aromatic carbocycles. The van der Waals surface area contributed by atoms with Gasteiger partial charge in [-0.25, -0.2) is 13.1 Å². The van der Waals surface area contributed by atoms with E-state index in [9.17, 15) is 13.2 Å². The summed E-state index contributed by atoms with van der Waals surface area (Å²) < 4.78 is 25.1. The van der Waals surface area contributed by atoms with E-state index in [0.29, 0.717) is 11.7 Å². The van der Waals surface area contributed by atoms with Crippen molar-refractivity contribution in [3.05, 3.63) is 5.01 Å². The van der Waals surface area contributed by atoms with Crippen molar-refractivity contribution in [1.29, 1.82) is 0 Å². The highest BCUT2D eigenvalue weighted by Crippen LogP contribution is 2.14. The molecule has 3 N–H and O–H groups in total. The maximum absolute atomic E-state index is 11.7. The highest BCUT2D eigenvalue weighted by molar-refractivity contribution is 7.89. The molecule has 0 aliphatic rings. The molecule has 1 amide bonds. The van der Waals surface area contributed by atoms with Crippen molar-refractivity contribution in [1.82, 2.24) is 20.2 Å². The smallest absolute Gasteiger partial charge is 0.282 e. The van der Waals surface area contributed by atoms with Crippen LogP contribution in [0.25, 0.3) is 0 Å². The lowest BCUT2D eigenvalue weighted by atomic mass is 10.5. The molecule has 0 saturated heterocycles. The van der Waals surface area contributed by atoms with E-state index in [-0.39, 0.29) is 17.3 Å². The summed E-state index contributed by atoms with van der Waals surface area (Å²) >= 11 is 1.14. The Labute approximate surface area is 122 Å². The molecular formula is C10H19N5O3S2. The first-order valence-electron chi connectivity index (χ1n) is 6.31. The molecule has 0 aliphatic heterocycles. The number of sulfonamides is 1. The molecule has 10 heteroatoms. The van der Waals surface area contributed by atoms with Crippen LogP contribution in [0, 0.1) is 0 Å². The summed E-state index contributed by atoms with van der Waals surface area (Å²) in [6.07, 6.45) is 0.948. The maximum Gasteiger partial charge on any atom is 0.282 e. The molecule has 0 atom stereocenters. The molecule has 0 bridgehead atoms. The zero-order chi connectivity index (χ0) is 15.0. The molecule has 8 nitrogen and oxygen atoms in total. The Bertz CT molecular complexity index is 529. The highest BCUT2D eigenvalue weighted by Gasteiger charge is 2.14. The van der Waals surface area contributed by atoms with Gasteiger partial charge < -0.3 is 10.6 Å². The van der Waals surface area contributed by atoms with Gasteiger partial charge in [0.15, 0.2) is 0 Å². The third-order valence-electron chi connectivity index (χ3n) is 2.17. The van der Waals surface area contributed by atoms with Gasteiger partial charge in [0.05, 0.1) is 5.75 Å². The Morgan fingerprint density at radius 1 is 1.25 bits per heavy atom. The van der Waals surface area contributed by atoms with Crippen LogP contribution in [0.3, 0.4) is 0 Å². The number of rotatable bonds is 9. The molecule has 0 fully saturated rings. The second kappa shape index (κ2) is 8.12. The fourth-order valence-corrected chi connectivity index (χ4v) is 2.93. The van der Waals surface area contributed by atoms with E-state index in [0.717, 1.165) is 24.3 Å². The second-order valence-electron chi connectivity index (χ2n) is 3.91. The molecule has 0 unspecified atom stereocenters.